The van der Waals surface area contributed by atoms with E-state index in [1.807, 2.05) is 12.1 Å². The Hall–Kier alpha value is -1.75. The summed E-state index contributed by atoms with van der Waals surface area (Å²) in [6.45, 7) is 6.49. The van der Waals surface area contributed by atoms with Gasteiger partial charge in [0.05, 0.1) is 24.9 Å². The van der Waals surface area contributed by atoms with Crippen molar-refractivity contribution in [2.24, 2.45) is 11.3 Å². The molecule has 2 rings (SSSR count). The van der Waals surface area contributed by atoms with Crippen LogP contribution in [0, 0.1) is 11.3 Å². The Bertz CT molecular complexity index is 559. The number of hydrogen-bond donors (Lipinski definition) is 3. The minimum atomic E-state index is -0.576. The largest absolute Gasteiger partial charge is 0.495 e. The Morgan fingerprint density at radius 1 is 1.35 bits per heavy atom. The van der Waals surface area contributed by atoms with Gasteiger partial charge in [-0.25, -0.2) is 4.79 Å². The Labute approximate surface area is 138 Å². The summed E-state index contributed by atoms with van der Waals surface area (Å²) in [5.74, 6) is 1.07. The van der Waals surface area contributed by atoms with E-state index < -0.39 is 5.54 Å². The van der Waals surface area contributed by atoms with Gasteiger partial charge >= 0.3 is 6.03 Å². The van der Waals surface area contributed by atoms with E-state index in [0.717, 1.165) is 19.3 Å². The van der Waals surface area contributed by atoms with E-state index in [1.54, 1.807) is 19.2 Å². The molecule has 1 fully saturated rings. The van der Waals surface area contributed by atoms with Gasteiger partial charge in [0.1, 0.15) is 5.75 Å². The highest BCUT2D eigenvalue weighted by Gasteiger charge is 2.43. The number of urea groups is 1. The third-order valence-corrected chi connectivity index (χ3v) is 4.49. The Balaban J connectivity index is 2.10. The van der Waals surface area contributed by atoms with Crippen LogP contribution in [0.25, 0.3) is 0 Å². The molecule has 1 aliphatic carbocycles. The van der Waals surface area contributed by atoms with Crippen molar-refractivity contribution >= 4 is 11.7 Å². The molecule has 1 aliphatic rings. The molecule has 0 radical (unpaired) electrons. The number of para-hydroxylation sites is 2. The first-order chi connectivity index (χ1) is 10.8. The van der Waals surface area contributed by atoms with E-state index in [2.05, 4.69) is 31.4 Å². The Morgan fingerprint density at radius 3 is 2.65 bits per heavy atom. The molecule has 3 N–H and O–H groups in total. The van der Waals surface area contributed by atoms with Gasteiger partial charge in [-0.05, 0) is 42.7 Å². The van der Waals surface area contributed by atoms with Gasteiger partial charge in [-0.15, -0.1) is 0 Å². The van der Waals surface area contributed by atoms with Crippen molar-refractivity contribution in [2.45, 2.75) is 45.6 Å². The molecule has 1 saturated carbocycles. The number of methoxy groups -OCH3 is 1. The Kier molecular flexibility index (Phi) is 5.19. The summed E-state index contributed by atoms with van der Waals surface area (Å²) in [7, 11) is 1.57. The molecule has 0 spiro atoms. The fourth-order valence-electron chi connectivity index (χ4n) is 4.14. The topological polar surface area (TPSA) is 70.6 Å². The van der Waals surface area contributed by atoms with Gasteiger partial charge in [0.25, 0.3) is 0 Å². The van der Waals surface area contributed by atoms with Crippen molar-refractivity contribution < 1.29 is 14.6 Å². The lowest BCUT2D eigenvalue weighted by atomic mass is 9.64. The number of hydrogen-bond acceptors (Lipinski definition) is 3. The molecule has 5 nitrogen and oxygen atoms in total. The van der Waals surface area contributed by atoms with E-state index in [9.17, 15) is 9.90 Å². The van der Waals surface area contributed by atoms with Crippen LogP contribution < -0.4 is 15.4 Å². The maximum absolute atomic E-state index is 12.4. The van der Waals surface area contributed by atoms with E-state index >= 15 is 0 Å². The number of rotatable bonds is 4. The quantitative estimate of drug-likeness (QED) is 0.796. The van der Waals surface area contributed by atoms with Gasteiger partial charge in [0, 0.05) is 0 Å². The number of benzene rings is 1. The highest BCUT2D eigenvalue weighted by Crippen LogP contribution is 2.43. The molecule has 128 valence electrons. The fraction of sp³-hybridized carbons (Fsp3) is 0.611. The number of aliphatic hydroxyl groups is 1. The molecule has 5 heteroatoms. The van der Waals surface area contributed by atoms with Crippen LogP contribution in [0.3, 0.4) is 0 Å². The molecule has 1 aromatic carbocycles. The molecule has 2 atom stereocenters. The SMILES string of the molecule is COc1ccccc1NC(=O)N[C@@]1(CO)C[C@H](C)CC(C)(C)C1. The molecule has 0 unspecified atom stereocenters. The van der Waals surface area contributed by atoms with Crippen LogP contribution in [0.1, 0.15) is 40.0 Å². The van der Waals surface area contributed by atoms with Gasteiger partial charge in [-0.1, -0.05) is 32.9 Å². The minimum absolute atomic E-state index is 0.0554. The van der Waals surface area contributed by atoms with Crippen LogP contribution in [-0.4, -0.2) is 30.4 Å². The number of carbonyl (C=O) groups excluding carboxylic acids is 1. The van der Waals surface area contributed by atoms with Crippen LogP contribution in [0.5, 0.6) is 5.75 Å². The van der Waals surface area contributed by atoms with Gasteiger partial charge in [-0.3, -0.25) is 0 Å². The molecular weight excluding hydrogens is 292 g/mol. The smallest absolute Gasteiger partial charge is 0.319 e. The highest BCUT2D eigenvalue weighted by atomic mass is 16.5. The van der Waals surface area contributed by atoms with Gasteiger partial charge in [0.15, 0.2) is 0 Å². The molecule has 0 heterocycles. The lowest BCUT2D eigenvalue weighted by Crippen LogP contribution is -2.58. The molecular formula is C18H28N2O3. The van der Waals surface area contributed by atoms with Crippen molar-refractivity contribution in [3.05, 3.63) is 24.3 Å². The van der Waals surface area contributed by atoms with E-state index in [4.69, 9.17) is 4.74 Å². The molecule has 0 bridgehead atoms. The average Bonchev–Trinajstić information content (AvgIpc) is 2.45. The number of carbonyl (C=O) groups is 1. The molecule has 0 aromatic heterocycles. The third kappa shape index (κ3) is 4.38. The zero-order valence-electron chi connectivity index (χ0n) is 14.5. The zero-order chi connectivity index (χ0) is 17.1. The van der Waals surface area contributed by atoms with Crippen LogP contribution in [-0.2, 0) is 0 Å². The second-order valence-corrected chi connectivity index (χ2v) is 7.57. The summed E-state index contributed by atoms with van der Waals surface area (Å²) in [6, 6.07) is 6.96. The van der Waals surface area contributed by atoms with E-state index in [-0.39, 0.29) is 18.1 Å². The first-order valence-electron chi connectivity index (χ1n) is 8.12. The Morgan fingerprint density at radius 2 is 2.04 bits per heavy atom. The van der Waals surface area contributed by atoms with Gasteiger partial charge in [-0.2, -0.15) is 0 Å². The molecule has 1 aromatic rings. The van der Waals surface area contributed by atoms with Crippen LogP contribution in [0.4, 0.5) is 10.5 Å². The average molecular weight is 320 g/mol. The van der Waals surface area contributed by atoms with Crippen LogP contribution >= 0.6 is 0 Å². The summed E-state index contributed by atoms with van der Waals surface area (Å²) < 4.78 is 5.25. The van der Waals surface area contributed by atoms with E-state index in [0.29, 0.717) is 17.4 Å². The van der Waals surface area contributed by atoms with Crippen LogP contribution in [0.15, 0.2) is 24.3 Å². The number of anilines is 1. The lowest BCUT2D eigenvalue weighted by molar-refractivity contribution is 0.0445. The highest BCUT2D eigenvalue weighted by molar-refractivity contribution is 5.91. The van der Waals surface area contributed by atoms with Crippen LogP contribution in [0.2, 0.25) is 0 Å². The van der Waals surface area contributed by atoms with Crippen molar-refractivity contribution in [3.8, 4) is 5.75 Å². The fourth-order valence-corrected chi connectivity index (χ4v) is 4.14. The number of aliphatic hydroxyl groups excluding tert-OH is 1. The lowest BCUT2D eigenvalue weighted by Gasteiger charge is -2.47. The predicted molar refractivity (Wildman–Crippen MR) is 91.8 cm³/mol. The summed E-state index contributed by atoms with van der Waals surface area (Å²) >= 11 is 0. The second-order valence-electron chi connectivity index (χ2n) is 7.57. The standard InChI is InChI=1S/C18H28N2O3/c1-13-9-17(2,3)11-18(10-13,12-21)20-16(22)19-14-7-5-6-8-15(14)23-4/h5-8,13,21H,9-12H2,1-4H3,(H2,19,20,22)/t13-,18+/m1/s1. The first kappa shape index (κ1) is 17.6. The number of ether oxygens (including phenoxy) is 1. The third-order valence-electron chi connectivity index (χ3n) is 4.49. The minimum Gasteiger partial charge on any atom is -0.495 e. The van der Waals surface area contributed by atoms with Crippen molar-refractivity contribution in [3.63, 3.8) is 0 Å². The first-order valence-corrected chi connectivity index (χ1v) is 8.12. The maximum atomic E-state index is 12.4. The maximum Gasteiger partial charge on any atom is 0.319 e. The van der Waals surface area contributed by atoms with Crippen molar-refractivity contribution in [2.75, 3.05) is 19.0 Å². The molecule has 2 amide bonds. The predicted octanol–water partition coefficient (Wildman–Crippen LogP) is 3.39. The summed E-state index contributed by atoms with van der Waals surface area (Å²) in [4.78, 5) is 12.4. The van der Waals surface area contributed by atoms with Crippen molar-refractivity contribution in [1.82, 2.24) is 5.32 Å². The zero-order valence-corrected chi connectivity index (χ0v) is 14.5. The summed E-state index contributed by atoms with van der Waals surface area (Å²) in [6.07, 6.45) is 2.65. The van der Waals surface area contributed by atoms with Crippen molar-refractivity contribution in [1.29, 1.82) is 0 Å². The number of nitrogens with one attached hydrogen (secondary N) is 2. The molecule has 0 saturated heterocycles. The molecule has 23 heavy (non-hydrogen) atoms. The van der Waals surface area contributed by atoms with Gasteiger partial charge < -0.3 is 20.5 Å². The summed E-state index contributed by atoms with van der Waals surface area (Å²) in [5.41, 5.74) is 0.134. The normalized spacial score (nSPS) is 26.4. The van der Waals surface area contributed by atoms with E-state index in [1.165, 1.54) is 0 Å². The summed E-state index contributed by atoms with van der Waals surface area (Å²) in [5, 5.41) is 15.8. The van der Waals surface area contributed by atoms with Gasteiger partial charge in [0.2, 0.25) is 0 Å². The monoisotopic (exact) mass is 320 g/mol. The second kappa shape index (κ2) is 6.79. The molecule has 0 aliphatic heterocycles. The number of amides is 2.